The van der Waals surface area contributed by atoms with Crippen molar-refractivity contribution in [2.24, 2.45) is 7.05 Å². The molecule has 1 heterocycles. The highest BCUT2D eigenvalue weighted by atomic mass is 35.5. The van der Waals surface area contributed by atoms with E-state index >= 15 is 0 Å². The fraction of sp³-hybridized carbons (Fsp3) is 0.111. The van der Waals surface area contributed by atoms with Crippen LogP contribution in [0.3, 0.4) is 0 Å². The Morgan fingerprint density at radius 1 is 1.16 bits per heavy atom. The number of thioether (sulfide) groups is 1. The van der Waals surface area contributed by atoms with Crippen LogP contribution in [-0.4, -0.2) is 26.3 Å². The van der Waals surface area contributed by atoms with Gasteiger partial charge in [0.25, 0.3) is 0 Å². The molecule has 0 radical (unpaired) electrons. The van der Waals surface area contributed by atoms with Crippen molar-refractivity contribution >= 4 is 29.1 Å². The normalized spacial score (nSPS) is 10.4. The number of benzene rings is 2. The first-order valence-electron chi connectivity index (χ1n) is 7.40. The number of aromatic nitrogens is 3. The van der Waals surface area contributed by atoms with Crippen molar-refractivity contribution in [3.05, 3.63) is 64.7 Å². The predicted octanol–water partition coefficient (Wildman–Crippen LogP) is 3.98. The number of halogens is 1. The molecule has 0 N–H and O–H groups in total. The average molecular weight is 369 g/mol. The molecule has 0 spiro atoms. The van der Waals surface area contributed by atoms with Gasteiger partial charge < -0.3 is 4.57 Å². The molecule has 1 aromatic heterocycles. The highest BCUT2D eigenvalue weighted by Gasteiger charge is 2.14. The zero-order valence-corrected chi connectivity index (χ0v) is 14.9. The van der Waals surface area contributed by atoms with Gasteiger partial charge in [0, 0.05) is 23.2 Å². The van der Waals surface area contributed by atoms with E-state index in [1.807, 2.05) is 29.8 Å². The van der Waals surface area contributed by atoms with Gasteiger partial charge in [-0.15, -0.1) is 10.2 Å². The summed E-state index contributed by atoms with van der Waals surface area (Å²) in [6, 6.07) is 16.0. The van der Waals surface area contributed by atoms with Gasteiger partial charge >= 0.3 is 0 Å². The molecule has 0 aliphatic carbocycles. The van der Waals surface area contributed by atoms with Crippen LogP contribution < -0.4 is 0 Å². The molecule has 5 nitrogen and oxygen atoms in total. The maximum atomic E-state index is 12.3. The summed E-state index contributed by atoms with van der Waals surface area (Å²) in [5.41, 5.74) is 2.02. The van der Waals surface area contributed by atoms with E-state index in [0.717, 1.165) is 5.56 Å². The third kappa shape index (κ3) is 3.90. The Kier molecular flexibility index (Phi) is 5.17. The van der Waals surface area contributed by atoms with Gasteiger partial charge in [0.2, 0.25) is 0 Å². The lowest BCUT2D eigenvalue weighted by Gasteiger charge is -2.04. The van der Waals surface area contributed by atoms with Crippen molar-refractivity contribution < 1.29 is 4.79 Å². The number of rotatable bonds is 5. The number of hydrogen-bond acceptors (Lipinski definition) is 5. The second-order valence-electron chi connectivity index (χ2n) is 5.27. The van der Waals surface area contributed by atoms with E-state index < -0.39 is 0 Å². The summed E-state index contributed by atoms with van der Waals surface area (Å²) < 4.78 is 1.85. The smallest absolute Gasteiger partial charge is 0.191 e. The Labute approximate surface area is 154 Å². The quantitative estimate of drug-likeness (QED) is 0.503. The molecule has 3 aromatic rings. The van der Waals surface area contributed by atoms with Crippen molar-refractivity contribution in [3.8, 4) is 17.5 Å². The summed E-state index contributed by atoms with van der Waals surface area (Å²) in [6.45, 7) is 0. The monoisotopic (exact) mass is 368 g/mol. The fourth-order valence-electron chi connectivity index (χ4n) is 2.24. The van der Waals surface area contributed by atoms with Crippen LogP contribution in [0.15, 0.2) is 53.7 Å². The van der Waals surface area contributed by atoms with Gasteiger partial charge in [-0.2, -0.15) is 5.26 Å². The Balaban J connectivity index is 1.70. The highest BCUT2D eigenvalue weighted by molar-refractivity contribution is 7.99. The highest BCUT2D eigenvalue weighted by Crippen LogP contribution is 2.24. The predicted molar refractivity (Wildman–Crippen MR) is 97.7 cm³/mol. The van der Waals surface area contributed by atoms with Crippen molar-refractivity contribution in [3.63, 3.8) is 0 Å². The minimum Gasteiger partial charge on any atom is -0.305 e. The number of carbonyl (C=O) groups excluding carboxylic acids is 1. The number of ketones is 1. The summed E-state index contributed by atoms with van der Waals surface area (Å²) in [4.78, 5) is 12.3. The lowest BCUT2D eigenvalue weighted by Crippen LogP contribution is -2.04. The van der Waals surface area contributed by atoms with E-state index in [0.29, 0.717) is 27.1 Å². The molecule has 0 unspecified atom stereocenters. The van der Waals surface area contributed by atoms with Crippen molar-refractivity contribution in [2.45, 2.75) is 5.16 Å². The summed E-state index contributed by atoms with van der Waals surface area (Å²) in [7, 11) is 1.86. The first kappa shape index (κ1) is 17.2. The first-order chi connectivity index (χ1) is 12.1. The van der Waals surface area contributed by atoms with Crippen LogP contribution >= 0.6 is 23.4 Å². The molecule has 0 aliphatic heterocycles. The van der Waals surface area contributed by atoms with E-state index in [1.165, 1.54) is 11.8 Å². The van der Waals surface area contributed by atoms with Gasteiger partial charge in [-0.1, -0.05) is 35.5 Å². The molecule has 2 aromatic carbocycles. The van der Waals surface area contributed by atoms with Crippen LogP contribution in [0.25, 0.3) is 11.4 Å². The van der Waals surface area contributed by atoms with Gasteiger partial charge in [-0.05, 0) is 36.4 Å². The van der Waals surface area contributed by atoms with Gasteiger partial charge in [0.15, 0.2) is 16.8 Å². The number of hydrogen-bond donors (Lipinski definition) is 0. The minimum absolute atomic E-state index is 0.0227. The Morgan fingerprint density at radius 2 is 1.84 bits per heavy atom. The van der Waals surface area contributed by atoms with Crippen LogP contribution in [0.5, 0.6) is 0 Å². The molecule has 0 saturated heterocycles. The lowest BCUT2D eigenvalue weighted by molar-refractivity contribution is 0.102. The molecule has 0 fully saturated rings. The van der Waals surface area contributed by atoms with Crippen LogP contribution in [0.2, 0.25) is 5.02 Å². The molecule has 3 rings (SSSR count). The fourth-order valence-corrected chi connectivity index (χ4v) is 3.17. The lowest BCUT2D eigenvalue weighted by atomic mass is 10.1. The zero-order chi connectivity index (χ0) is 17.8. The molecule has 0 saturated carbocycles. The molecule has 0 atom stereocenters. The van der Waals surface area contributed by atoms with E-state index in [-0.39, 0.29) is 11.5 Å². The topological polar surface area (TPSA) is 71.6 Å². The number of nitriles is 1. The molecule has 0 aliphatic rings. The van der Waals surface area contributed by atoms with Crippen LogP contribution in [0.4, 0.5) is 0 Å². The number of carbonyl (C=O) groups is 1. The molecule has 0 amide bonds. The minimum atomic E-state index is -0.0227. The van der Waals surface area contributed by atoms with Gasteiger partial charge in [-0.25, -0.2) is 0 Å². The first-order valence-corrected chi connectivity index (χ1v) is 8.76. The number of nitrogens with zero attached hydrogens (tertiary/aromatic N) is 4. The standard InChI is InChI=1S/C18H13ClN4OS/c1-23-17(14-6-8-15(19)9-7-14)21-22-18(23)25-11-16(24)13-4-2-12(10-20)3-5-13/h2-9H,11H2,1H3. The molecule has 7 heteroatoms. The molecular formula is C18H13ClN4OS. The third-order valence-electron chi connectivity index (χ3n) is 3.61. The summed E-state index contributed by atoms with van der Waals surface area (Å²) >= 11 is 7.23. The van der Waals surface area contributed by atoms with Crippen molar-refractivity contribution in [2.75, 3.05) is 5.75 Å². The van der Waals surface area contributed by atoms with Gasteiger partial charge in [-0.3, -0.25) is 4.79 Å². The largest absolute Gasteiger partial charge is 0.305 e. The Hall–Kier alpha value is -2.62. The van der Waals surface area contributed by atoms with E-state index in [9.17, 15) is 4.79 Å². The summed E-state index contributed by atoms with van der Waals surface area (Å²) in [5.74, 6) is 0.939. The molecule has 25 heavy (non-hydrogen) atoms. The van der Waals surface area contributed by atoms with E-state index in [2.05, 4.69) is 10.2 Å². The maximum Gasteiger partial charge on any atom is 0.191 e. The van der Waals surface area contributed by atoms with Gasteiger partial charge in [0.1, 0.15) is 0 Å². The zero-order valence-electron chi connectivity index (χ0n) is 13.3. The number of Topliss-reactive ketones (excluding diaryl/α,β-unsaturated/α-hetero) is 1. The van der Waals surface area contributed by atoms with Gasteiger partial charge in [0.05, 0.1) is 17.4 Å². The van der Waals surface area contributed by atoms with Crippen molar-refractivity contribution in [1.82, 2.24) is 14.8 Å². The Bertz CT molecular complexity index is 943. The maximum absolute atomic E-state index is 12.3. The van der Waals surface area contributed by atoms with Crippen LogP contribution in [-0.2, 0) is 7.05 Å². The van der Waals surface area contributed by atoms with Crippen LogP contribution in [0, 0.1) is 11.3 Å². The van der Waals surface area contributed by atoms with E-state index in [4.69, 9.17) is 16.9 Å². The average Bonchev–Trinajstić information content (AvgIpc) is 3.01. The summed E-state index contributed by atoms with van der Waals surface area (Å²) in [6.07, 6.45) is 0. The second-order valence-corrected chi connectivity index (χ2v) is 6.65. The van der Waals surface area contributed by atoms with Crippen LogP contribution in [0.1, 0.15) is 15.9 Å². The second kappa shape index (κ2) is 7.51. The molecular weight excluding hydrogens is 356 g/mol. The van der Waals surface area contributed by atoms with Crippen molar-refractivity contribution in [1.29, 1.82) is 5.26 Å². The Morgan fingerprint density at radius 3 is 2.48 bits per heavy atom. The molecule has 124 valence electrons. The molecule has 0 bridgehead atoms. The SMILES string of the molecule is Cn1c(SCC(=O)c2ccc(C#N)cc2)nnc1-c1ccc(Cl)cc1. The summed E-state index contributed by atoms with van der Waals surface area (Å²) in [5, 5.41) is 18.5. The third-order valence-corrected chi connectivity index (χ3v) is 4.88. The van der Waals surface area contributed by atoms with E-state index in [1.54, 1.807) is 36.4 Å².